The van der Waals surface area contributed by atoms with E-state index in [9.17, 15) is 0 Å². The number of nitrogens with zero attached hydrogens (tertiary/aromatic N) is 6. The van der Waals surface area contributed by atoms with Crippen LogP contribution in [0.3, 0.4) is 0 Å². The van der Waals surface area contributed by atoms with Gasteiger partial charge >= 0.3 is 0 Å². The third kappa shape index (κ3) is 5.98. The van der Waals surface area contributed by atoms with Gasteiger partial charge in [0.2, 0.25) is 0 Å². The van der Waals surface area contributed by atoms with Crippen molar-refractivity contribution >= 4 is 0 Å². The first kappa shape index (κ1) is 22.9. The number of rotatable bonds is 0. The molecule has 113 valence electrons. The van der Waals surface area contributed by atoms with Crippen molar-refractivity contribution in [3.05, 3.63) is 37.6 Å². The Balaban J connectivity index is -0.000000233. The molecule has 0 spiro atoms. The zero-order valence-electron chi connectivity index (χ0n) is 11.7. The van der Waals surface area contributed by atoms with Crippen LogP contribution in [0.2, 0.25) is 0 Å². The maximum absolute atomic E-state index is 3.83. The molecule has 2 heterocycles. The van der Waals surface area contributed by atoms with Crippen LogP contribution >= 0.6 is 0 Å². The van der Waals surface area contributed by atoms with Crippen molar-refractivity contribution in [2.45, 2.75) is 28.2 Å². The van der Waals surface area contributed by atoms with Crippen molar-refractivity contribution in [3.63, 3.8) is 0 Å². The fraction of sp³-hybridized carbons (Fsp3) is 0.500. The minimum Gasteiger partial charge on any atom is -0.358 e. The predicted octanol–water partition coefficient (Wildman–Crippen LogP) is 1.82. The number of aryl methyl sites for hydroxylation is 3. The molecule has 0 amide bonds. The van der Waals surface area contributed by atoms with Crippen LogP contribution in [-0.4, -0.2) is 29.5 Å². The van der Waals surface area contributed by atoms with Crippen LogP contribution in [0.4, 0.5) is 0 Å². The Hall–Kier alpha value is -1.20. The van der Waals surface area contributed by atoms with Crippen LogP contribution in [0.5, 0.6) is 0 Å². The molecule has 0 N–H and O–H groups in total. The molecule has 6 nitrogen and oxygen atoms in total. The first-order valence-corrected chi connectivity index (χ1v) is 4.94. The van der Waals surface area contributed by atoms with Crippen molar-refractivity contribution in [2.75, 3.05) is 0 Å². The Morgan fingerprint density at radius 2 is 1.11 bits per heavy atom. The number of hydrogen-bond acceptors (Lipinski definition) is 4. The van der Waals surface area contributed by atoms with Gasteiger partial charge in [-0.05, 0) is 26.6 Å². The van der Waals surface area contributed by atoms with Crippen molar-refractivity contribution in [1.82, 2.24) is 29.5 Å². The topological polar surface area (TPSA) is 61.4 Å². The standard InChI is InChI=1S/C5H9N3.C5H8N3.CH4.CH3.Ir/c2*1-4-6-7-5(2)8(4)3;;;/h1-3H3;1H2,2-3H3;1H4;1H3;/q;-1;;-1;. The average molecular weight is 445 g/mol. The van der Waals surface area contributed by atoms with Gasteiger partial charge in [0.25, 0.3) is 0 Å². The smallest absolute Gasteiger partial charge is 0.129 e. The van der Waals surface area contributed by atoms with E-state index < -0.39 is 0 Å². The molecule has 0 aliphatic rings. The maximum atomic E-state index is 3.83. The van der Waals surface area contributed by atoms with E-state index in [0.29, 0.717) is 5.82 Å². The minimum atomic E-state index is 0. The molecule has 19 heavy (non-hydrogen) atoms. The molecular weight excluding hydrogens is 420 g/mol. The summed E-state index contributed by atoms with van der Waals surface area (Å²) < 4.78 is 3.78. The van der Waals surface area contributed by atoms with Crippen LogP contribution in [0.25, 0.3) is 0 Å². The molecule has 0 saturated heterocycles. The van der Waals surface area contributed by atoms with E-state index >= 15 is 0 Å². The second kappa shape index (κ2) is 9.69. The van der Waals surface area contributed by atoms with Crippen LogP contribution in [0.1, 0.15) is 30.7 Å². The predicted molar refractivity (Wildman–Crippen MR) is 73.8 cm³/mol. The quantitative estimate of drug-likeness (QED) is 0.582. The summed E-state index contributed by atoms with van der Waals surface area (Å²) in [5.74, 6) is 3.53. The second-order valence-corrected chi connectivity index (χ2v) is 3.58. The molecular formula is C12H24IrN6-2. The largest absolute Gasteiger partial charge is 0.358 e. The van der Waals surface area contributed by atoms with Crippen LogP contribution in [0, 0.1) is 35.1 Å². The summed E-state index contributed by atoms with van der Waals surface area (Å²) in [6.45, 7) is 9.38. The molecule has 0 aliphatic carbocycles. The molecule has 2 aromatic heterocycles. The summed E-state index contributed by atoms with van der Waals surface area (Å²) in [5, 5.41) is 15.1. The van der Waals surface area contributed by atoms with Gasteiger partial charge in [0.15, 0.2) is 0 Å². The summed E-state index contributed by atoms with van der Waals surface area (Å²) in [5.41, 5.74) is 0. The summed E-state index contributed by atoms with van der Waals surface area (Å²) in [4.78, 5) is 0. The zero-order valence-corrected chi connectivity index (χ0v) is 14.1. The van der Waals surface area contributed by atoms with Crippen LogP contribution in [0.15, 0.2) is 0 Å². The van der Waals surface area contributed by atoms with Gasteiger partial charge in [-0.15, -0.1) is 15.3 Å². The van der Waals surface area contributed by atoms with Crippen molar-refractivity contribution < 1.29 is 20.1 Å². The van der Waals surface area contributed by atoms with Crippen LogP contribution < -0.4 is 0 Å². The van der Waals surface area contributed by atoms with E-state index in [1.807, 2.05) is 44.0 Å². The monoisotopic (exact) mass is 445 g/mol. The molecule has 1 radical (unpaired) electrons. The Kier molecular flexibility index (Phi) is 11.7. The number of hydrogen-bond donors (Lipinski definition) is 0. The van der Waals surface area contributed by atoms with E-state index in [1.54, 1.807) is 0 Å². The van der Waals surface area contributed by atoms with Gasteiger partial charge in [0.05, 0.1) is 0 Å². The van der Waals surface area contributed by atoms with Gasteiger partial charge in [-0.2, -0.15) is 5.10 Å². The molecule has 0 atom stereocenters. The molecule has 0 fully saturated rings. The van der Waals surface area contributed by atoms with E-state index in [4.69, 9.17) is 0 Å². The molecule has 0 bridgehead atoms. The minimum absolute atomic E-state index is 0. The molecule has 0 aliphatic heterocycles. The average Bonchev–Trinajstić information content (AvgIpc) is 2.70. The van der Waals surface area contributed by atoms with E-state index in [-0.39, 0.29) is 35.0 Å². The second-order valence-electron chi connectivity index (χ2n) is 3.58. The third-order valence-corrected chi connectivity index (χ3v) is 2.49. The maximum Gasteiger partial charge on any atom is 0.129 e. The number of aromatic nitrogens is 6. The van der Waals surface area contributed by atoms with E-state index in [0.717, 1.165) is 17.5 Å². The van der Waals surface area contributed by atoms with Gasteiger partial charge in [-0.3, -0.25) is 0 Å². The Labute approximate surface area is 130 Å². The Morgan fingerprint density at radius 3 is 1.21 bits per heavy atom. The first-order chi connectivity index (χ1) is 7.43. The van der Waals surface area contributed by atoms with Gasteiger partial charge in [0.1, 0.15) is 17.5 Å². The molecule has 2 aromatic rings. The van der Waals surface area contributed by atoms with Gasteiger partial charge in [0, 0.05) is 34.2 Å². The molecule has 2 rings (SSSR count). The Bertz CT molecular complexity index is 391. The van der Waals surface area contributed by atoms with Crippen LogP contribution in [-0.2, 0) is 34.2 Å². The van der Waals surface area contributed by atoms with Gasteiger partial charge in [-0.25, -0.2) is 0 Å². The summed E-state index contributed by atoms with van der Waals surface area (Å²) in [6.07, 6.45) is 0. The summed E-state index contributed by atoms with van der Waals surface area (Å²) in [7, 11) is 3.84. The fourth-order valence-corrected chi connectivity index (χ4v) is 0.964. The molecule has 0 aromatic carbocycles. The SMILES string of the molecule is C.Cc1nnc(C)n1C.[CH2-]c1nnc(C)n1C.[CH3-].[Ir]. The Morgan fingerprint density at radius 1 is 0.789 bits per heavy atom. The summed E-state index contributed by atoms with van der Waals surface area (Å²) in [6, 6.07) is 0. The van der Waals surface area contributed by atoms with Crippen molar-refractivity contribution in [3.8, 4) is 0 Å². The summed E-state index contributed by atoms with van der Waals surface area (Å²) >= 11 is 0. The molecule has 0 saturated carbocycles. The van der Waals surface area contributed by atoms with Gasteiger partial charge in [-0.1, -0.05) is 7.43 Å². The fourth-order valence-electron chi connectivity index (χ4n) is 0.964. The third-order valence-electron chi connectivity index (χ3n) is 2.49. The van der Waals surface area contributed by atoms with E-state index in [1.165, 1.54) is 0 Å². The van der Waals surface area contributed by atoms with Crippen molar-refractivity contribution in [2.24, 2.45) is 14.1 Å². The van der Waals surface area contributed by atoms with Gasteiger partial charge < -0.3 is 23.5 Å². The molecule has 7 heteroatoms. The normalized spacial score (nSPS) is 8.26. The zero-order chi connectivity index (χ0) is 12.3. The molecule has 0 unspecified atom stereocenters. The van der Waals surface area contributed by atoms with Crippen molar-refractivity contribution in [1.29, 1.82) is 0 Å². The van der Waals surface area contributed by atoms with E-state index in [2.05, 4.69) is 27.3 Å². The first-order valence-electron chi connectivity index (χ1n) is 4.94.